The lowest BCUT2D eigenvalue weighted by Crippen LogP contribution is -2.58. The molecule has 2 N–H and O–H groups in total. The van der Waals surface area contributed by atoms with Crippen LogP contribution in [0.4, 0.5) is 0 Å². The zero-order valence-electron chi connectivity index (χ0n) is 11.2. The Morgan fingerprint density at radius 3 is 2.68 bits per heavy atom. The van der Waals surface area contributed by atoms with Crippen LogP contribution in [0.2, 0.25) is 0 Å². The van der Waals surface area contributed by atoms with E-state index in [4.69, 9.17) is 4.74 Å². The fourth-order valence-electron chi connectivity index (χ4n) is 1.85. The van der Waals surface area contributed by atoms with E-state index in [1.165, 1.54) is 0 Å². The molecular formula is C13H21NO4S. The minimum Gasteiger partial charge on any atom is -0.480 e. The molecule has 6 heteroatoms. The van der Waals surface area contributed by atoms with Crippen LogP contribution in [-0.4, -0.2) is 46.7 Å². The van der Waals surface area contributed by atoms with Crippen molar-refractivity contribution >= 4 is 23.6 Å². The molecule has 1 amide bonds. The first kappa shape index (κ1) is 16.0. The molecule has 0 spiro atoms. The summed E-state index contributed by atoms with van der Waals surface area (Å²) in [6.45, 7) is 5.61. The molecule has 0 aromatic carbocycles. The van der Waals surface area contributed by atoms with Crippen molar-refractivity contribution < 1.29 is 19.4 Å². The van der Waals surface area contributed by atoms with E-state index in [9.17, 15) is 14.7 Å². The number of carboxylic acids is 1. The van der Waals surface area contributed by atoms with Gasteiger partial charge in [-0.25, -0.2) is 4.79 Å². The van der Waals surface area contributed by atoms with E-state index in [-0.39, 0.29) is 5.91 Å². The molecule has 108 valence electrons. The van der Waals surface area contributed by atoms with E-state index in [1.807, 2.05) is 0 Å². The topological polar surface area (TPSA) is 75.6 Å². The van der Waals surface area contributed by atoms with Gasteiger partial charge in [-0.05, 0) is 37.7 Å². The van der Waals surface area contributed by atoms with Crippen molar-refractivity contribution in [1.29, 1.82) is 0 Å². The summed E-state index contributed by atoms with van der Waals surface area (Å²) in [7, 11) is 0. The number of hydrogen-bond acceptors (Lipinski definition) is 4. The van der Waals surface area contributed by atoms with Crippen LogP contribution in [0.15, 0.2) is 12.7 Å². The highest BCUT2D eigenvalue weighted by Crippen LogP contribution is 2.27. The van der Waals surface area contributed by atoms with Gasteiger partial charge in [0.05, 0.1) is 6.61 Å². The maximum Gasteiger partial charge on any atom is 0.329 e. The van der Waals surface area contributed by atoms with Crippen molar-refractivity contribution in [3.63, 3.8) is 0 Å². The Balaban J connectivity index is 2.56. The number of ether oxygens (including phenoxy) is 1. The predicted octanol–water partition coefficient (Wildman–Crippen LogP) is 1.43. The van der Waals surface area contributed by atoms with Crippen LogP contribution in [0.5, 0.6) is 0 Å². The largest absolute Gasteiger partial charge is 0.480 e. The number of carbonyl (C=O) groups excluding carboxylic acids is 1. The van der Waals surface area contributed by atoms with Gasteiger partial charge in [-0.1, -0.05) is 6.08 Å². The number of rotatable bonds is 7. The van der Waals surface area contributed by atoms with Crippen molar-refractivity contribution in [2.75, 3.05) is 18.1 Å². The molecule has 19 heavy (non-hydrogen) atoms. The number of aliphatic carboxylic acids is 1. The standard InChI is InChI=1S/C13H21NO4S/c1-3-4-7-18-10(2)11(15)14-13(12(16)17)5-8-19-9-6-13/h3,10H,1,4-9H2,2H3,(H,14,15)(H,16,17). The molecule has 0 saturated carbocycles. The van der Waals surface area contributed by atoms with Crippen LogP contribution >= 0.6 is 11.8 Å². The first-order chi connectivity index (χ1) is 9.02. The lowest BCUT2D eigenvalue weighted by atomic mass is 9.92. The summed E-state index contributed by atoms with van der Waals surface area (Å²) in [5.74, 6) is 0.175. The number of nitrogens with one attached hydrogen (secondary N) is 1. The van der Waals surface area contributed by atoms with E-state index in [2.05, 4.69) is 11.9 Å². The number of carboxylic acid groups (broad SMARTS) is 1. The third kappa shape index (κ3) is 4.54. The molecule has 1 atom stereocenters. The summed E-state index contributed by atoms with van der Waals surface area (Å²) in [6, 6.07) is 0. The molecule has 0 aromatic rings. The molecule has 1 aliphatic rings. The van der Waals surface area contributed by atoms with Gasteiger partial charge in [0.25, 0.3) is 0 Å². The molecule has 0 aliphatic carbocycles. The second-order valence-electron chi connectivity index (χ2n) is 4.58. The maximum absolute atomic E-state index is 12.0. The number of amides is 1. The monoisotopic (exact) mass is 287 g/mol. The highest BCUT2D eigenvalue weighted by Gasteiger charge is 2.42. The first-order valence-corrected chi connectivity index (χ1v) is 7.53. The Morgan fingerprint density at radius 1 is 1.53 bits per heavy atom. The van der Waals surface area contributed by atoms with Crippen LogP contribution in [-0.2, 0) is 14.3 Å². The van der Waals surface area contributed by atoms with Gasteiger partial charge in [0, 0.05) is 0 Å². The average molecular weight is 287 g/mol. The third-order valence-electron chi connectivity index (χ3n) is 3.18. The zero-order valence-corrected chi connectivity index (χ0v) is 12.0. The van der Waals surface area contributed by atoms with Gasteiger partial charge in [0.1, 0.15) is 11.6 Å². The highest BCUT2D eigenvalue weighted by atomic mass is 32.2. The molecule has 5 nitrogen and oxygen atoms in total. The molecule has 0 aromatic heterocycles. The first-order valence-electron chi connectivity index (χ1n) is 6.37. The quantitative estimate of drug-likeness (QED) is 0.547. The third-order valence-corrected chi connectivity index (χ3v) is 4.16. The fourth-order valence-corrected chi connectivity index (χ4v) is 3.04. The van der Waals surface area contributed by atoms with Crippen LogP contribution in [0, 0.1) is 0 Å². The molecule has 1 rings (SSSR count). The fraction of sp³-hybridized carbons (Fsp3) is 0.692. The summed E-state index contributed by atoms with van der Waals surface area (Å²) < 4.78 is 5.33. The summed E-state index contributed by atoms with van der Waals surface area (Å²) in [6.07, 6.45) is 2.64. The summed E-state index contributed by atoms with van der Waals surface area (Å²) in [5.41, 5.74) is -1.13. The van der Waals surface area contributed by atoms with Crippen molar-refractivity contribution in [3.8, 4) is 0 Å². The Bertz CT molecular complexity index is 340. The van der Waals surface area contributed by atoms with Crippen molar-refractivity contribution in [2.45, 2.75) is 37.8 Å². The maximum atomic E-state index is 12.0. The SMILES string of the molecule is C=CCCOC(C)C(=O)NC1(C(=O)O)CCSCC1. The van der Waals surface area contributed by atoms with Gasteiger partial charge in [0.2, 0.25) is 5.91 Å². The van der Waals surface area contributed by atoms with Crippen LogP contribution in [0.25, 0.3) is 0 Å². The average Bonchev–Trinajstić information content (AvgIpc) is 2.39. The molecule has 1 fully saturated rings. The predicted molar refractivity (Wildman–Crippen MR) is 75.3 cm³/mol. The Morgan fingerprint density at radius 2 is 2.16 bits per heavy atom. The van der Waals surface area contributed by atoms with Crippen LogP contribution < -0.4 is 5.32 Å². The summed E-state index contributed by atoms with van der Waals surface area (Å²) in [5, 5.41) is 12.0. The molecule has 1 heterocycles. The Kier molecular flexibility index (Phi) is 6.37. The lowest BCUT2D eigenvalue weighted by molar-refractivity contribution is -0.150. The second kappa shape index (κ2) is 7.55. The highest BCUT2D eigenvalue weighted by molar-refractivity contribution is 7.99. The summed E-state index contributed by atoms with van der Waals surface area (Å²) in [4.78, 5) is 23.4. The van der Waals surface area contributed by atoms with Gasteiger partial charge in [0.15, 0.2) is 0 Å². The van der Waals surface area contributed by atoms with Crippen molar-refractivity contribution in [2.24, 2.45) is 0 Å². The van der Waals surface area contributed by atoms with E-state index in [0.29, 0.717) is 25.9 Å². The molecule has 1 unspecified atom stereocenters. The van der Waals surface area contributed by atoms with Gasteiger partial charge in [-0.3, -0.25) is 4.79 Å². The Labute approximate surface area is 117 Å². The van der Waals surface area contributed by atoms with Gasteiger partial charge >= 0.3 is 5.97 Å². The number of thioether (sulfide) groups is 1. The molecule has 1 aliphatic heterocycles. The van der Waals surface area contributed by atoms with E-state index < -0.39 is 17.6 Å². The molecule has 0 bridgehead atoms. The number of hydrogen-bond donors (Lipinski definition) is 2. The smallest absolute Gasteiger partial charge is 0.329 e. The minimum atomic E-state index is -1.13. The second-order valence-corrected chi connectivity index (χ2v) is 5.80. The van der Waals surface area contributed by atoms with Crippen LogP contribution in [0.1, 0.15) is 26.2 Å². The lowest BCUT2D eigenvalue weighted by Gasteiger charge is -2.34. The molecular weight excluding hydrogens is 266 g/mol. The van der Waals surface area contributed by atoms with Crippen molar-refractivity contribution in [1.82, 2.24) is 5.32 Å². The van der Waals surface area contributed by atoms with Gasteiger partial charge in [-0.15, -0.1) is 6.58 Å². The normalized spacial score (nSPS) is 19.4. The summed E-state index contributed by atoms with van der Waals surface area (Å²) >= 11 is 1.71. The number of carbonyl (C=O) groups is 2. The zero-order chi connectivity index (χ0) is 14.3. The van der Waals surface area contributed by atoms with E-state index in [1.54, 1.807) is 24.8 Å². The molecule has 0 radical (unpaired) electrons. The van der Waals surface area contributed by atoms with Gasteiger partial charge < -0.3 is 15.2 Å². The van der Waals surface area contributed by atoms with Crippen molar-refractivity contribution in [3.05, 3.63) is 12.7 Å². The molecule has 1 saturated heterocycles. The Hall–Kier alpha value is -1.01. The van der Waals surface area contributed by atoms with Crippen LogP contribution in [0.3, 0.4) is 0 Å². The van der Waals surface area contributed by atoms with E-state index in [0.717, 1.165) is 11.5 Å². The van der Waals surface area contributed by atoms with E-state index >= 15 is 0 Å². The minimum absolute atomic E-state index is 0.363. The van der Waals surface area contributed by atoms with Gasteiger partial charge in [-0.2, -0.15) is 11.8 Å².